The molecule has 21 heavy (non-hydrogen) atoms. The van der Waals surface area contributed by atoms with Crippen molar-refractivity contribution in [3.8, 4) is 0 Å². The standard InChI is InChI=1S/C11H15Cl2N5O.2ClH/c12-1-3-17(4-2-13)5-6-18-8-16-9-10(18)14-7-15-11(9)19;;/h7-8H,1-6H2,(H,14,15,19);2*1H. The summed E-state index contributed by atoms with van der Waals surface area (Å²) in [5, 5.41) is 0. The van der Waals surface area contributed by atoms with Crippen LogP contribution in [0.4, 0.5) is 0 Å². The third kappa shape index (κ3) is 5.30. The van der Waals surface area contributed by atoms with Crippen molar-refractivity contribution in [1.29, 1.82) is 0 Å². The van der Waals surface area contributed by atoms with Crippen molar-refractivity contribution in [1.82, 2.24) is 24.4 Å². The van der Waals surface area contributed by atoms with Gasteiger partial charge >= 0.3 is 0 Å². The van der Waals surface area contributed by atoms with Gasteiger partial charge in [0, 0.05) is 37.9 Å². The van der Waals surface area contributed by atoms with Crippen LogP contribution in [0.2, 0.25) is 0 Å². The average Bonchev–Trinajstić information content (AvgIpc) is 2.81. The predicted octanol–water partition coefficient (Wildman–Crippen LogP) is 1.74. The lowest BCUT2D eigenvalue weighted by Crippen LogP contribution is -2.31. The summed E-state index contributed by atoms with van der Waals surface area (Å²) in [6.45, 7) is 3.06. The normalized spacial score (nSPS) is 10.4. The lowest BCUT2D eigenvalue weighted by atomic mass is 10.4. The quantitative estimate of drug-likeness (QED) is 0.747. The van der Waals surface area contributed by atoms with E-state index in [1.165, 1.54) is 6.33 Å². The molecule has 0 atom stereocenters. The van der Waals surface area contributed by atoms with Crippen LogP contribution in [0.5, 0.6) is 0 Å². The number of nitrogens with one attached hydrogen (secondary N) is 1. The third-order valence-corrected chi connectivity index (χ3v) is 3.20. The summed E-state index contributed by atoms with van der Waals surface area (Å²) in [7, 11) is 0. The van der Waals surface area contributed by atoms with Gasteiger partial charge in [-0.2, -0.15) is 0 Å². The van der Waals surface area contributed by atoms with Crippen molar-refractivity contribution in [3.05, 3.63) is 23.0 Å². The molecule has 0 aromatic carbocycles. The van der Waals surface area contributed by atoms with Crippen LogP contribution in [-0.4, -0.2) is 55.8 Å². The highest BCUT2D eigenvalue weighted by molar-refractivity contribution is 6.18. The summed E-state index contributed by atoms with van der Waals surface area (Å²) in [6, 6.07) is 0. The molecule has 0 saturated heterocycles. The lowest BCUT2D eigenvalue weighted by molar-refractivity contribution is 0.295. The molecule has 0 aliphatic carbocycles. The molecule has 2 rings (SSSR count). The first-order valence-corrected chi connectivity index (χ1v) is 7.06. The van der Waals surface area contributed by atoms with Crippen molar-refractivity contribution in [2.45, 2.75) is 6.54 Å². The number of nitrogens with zero attached hydrogens (tertiary/aromatic N) is 4. The number of rotatable bonds is 7. The first-order chi connectivity index (χ1) is 9.26. The van der Waals surface area contributed by atoms with E-state index < -0.39 is 0 Å². The van der Waals surface area contributed by atoms with Gasteiger partial charge in [-0.25, -0.2) is 9.97 Å². The highest BCUT2D eigenvalue weighted by atomic mass is 35.5. The van der Waals surface area contributed by atoms with Gasteiger partial charge in [-0.3, -0.25) is 9.69 Å². The smallest absolute Gasteiger partial charge is 0.278 e. The van der Waals surface area contributed by atoms with Gasteiger partial charge < -0.3 is 9.55 Å². The van der Waals surface area contributed by atoms with E-state index in [4.69, 9.17) is 23.2 Å². The van der Waals surface area contributed by atoms with Gasteiger partial charge in [0.05, 0.1) is 12.7 Å². The fourth-order valence-corrected chi connectivity index (χ4v) is 2.36. The maximum atomic E-state index is 11.5. The molecule has 2 aromatic rings. The molecule has 0 aliphatic heterocycles. The molecule has 2 heterocycles. The minimum atomic E-state index is -0.220. The van der Waals surface area contributed by atoms with E-state index in [1.807, 2.05) is 4.57 Å². The molecule has 120 valence electrons. The van der Waals surface area contributed by atoms with Crippen molar-refractivity contribution in [2.75, 3.05) is 31.4 Å². The molecule has 0 amide bonds. The van der Waals surface area contributed by atoms with Gasteiger partial charge in [0.1, 0.15) is 0 Å². The Morgan fingerprint density at radius 2 is 1.81 bits per heavy atom. The summed E-state index contributed by atoms with van der Waals surface area (Å²) < 4.78 is 1.86. The second-order valence-corrected chi connectivity index (χ2v) is 4.82. The second-order valence-electron chi connectivity index (χ2n) is 4.06. The molecular weight excluding hydrogens is 360 g/mol. The molecule has 6 nitrogen and oxygen atoms in total. The van der Waals surface area contributed by atoms with Crippen molar-refractivity contribution in [2.24, 2.45) is 0 Å². The Hall–Kier alpha value is -0.530. The van der Waals surface area contributed by atoms with Gasteiger partial charge in [0.25, 0.3) is 5.56 Å². The molecule has 0 aliphatic rings. The molecule has 0 bridgehead atoms. The number of H-pyrrole nitrogens is 1. The Labute approximate surface area is 144 Å². The van der Waals surface area contributed by atoms with E-state index in [9.17, 15) is 4.79 Å². The Morgan fingerprint density at radius 1 is 1.14 bits per heavy atom. The highest BCUT2D eigenvalue weighted by Gasteiger charge is 2.09. The highest BCUT2D eigenvalue weighted by Crippen LogP contribution is 2.04. The van der Waals surface area contributed by atoms with Crippen molar-refractivity contribution in [3.63, 3.8) is 0 Å². The van der Waals surface area contributed by atoms with Gasteiger partial charge in [0.2, 0.25) is 0 Å². The van der Waals surface area contributed by atoms with Gasteiger partial charge in [-0.15, -0.1) is 48.0 Å². The lowest BCUT2D eigenvalue weighted by Gasteiger charge is -2.19. The van der Waals surface area contributed by atoms with Crippen LogP contribution in [0.25, 0.3) is 11.2 Å². The van der Waals surface area contributed by atoms with Gasteiger partial charge in [-0.05, 0) is 0 Å². The second kappa shape index (κ2) is 10.2. The van der Waals surface area contributed by atoms with Crippen molar-refractivity contribution >= 4 is 59.2 Å². The number of aromatic amines is 1. The molecule has 2 aromatic heterocycles. The van der Waals surface area contributed by atoms with Crippen LogP contribution in [0, 0.1) is 0 Å². The summed E-state index contributed by atoms with van der Waals surface area (Å²) >= 11 is 11.5. The number of hydrogen-bond acceptors (Lipinski definition) is 4. The van der Waals surface area contributed by atoms with Crippen LogP contribution in [-0.2, 0) is 6.54 Å². The zero-order valence-electron chi connectivity index (χ0n) is 11.2. The molecule has 0 fully saturated rings. The summed E-state index contributed by atoms with van der Waals surface area (Å²) in [4.78, 5) is 24.4. The fraction of sp³-hybridized carbons (Fsp3) is 0.545. The molecule has 0 radical (unpaired) electrons. The van der Waals surface area contributed by atoms with Gasteiger partial charge in [0.15, 0.2) is 11.2 Å². The molecule has 0 unspecified atom stereocenters. The Morgan fingerprint density at radius 3 is 2.43 bits per heavy atom. The van der Waals surface area contributed by atoms with Crippen LogP contribution in [0.15, 0.2) is 17.4 Å². The Balaban J connectivity index is 0.00000200. The zero-order valence-corrected chi connectivity index (χ0v) is 14.3. The largest absolute Gasteiger partial charge is 0.314 e. The van der Waals surface area contributed by atoms with Crippen LogP contribution >= 0.6 is 48.0 Å². The third-order valence-electron chi connectivity index (χ3n) is 2.87. The minimum absolute atomic E-state index is 0. The number of fused-ring (bicyclic) bond motifs is 1. The first kappa shape index (κ1) is 20.5. The molecule has 0 spiro atoms. The summed E-state index contributed by atoms with van der Waals surface area (Å²) in [5.41, 5.74) is 0.742. The predicted molar refractivity (Wildman–Crippen MR) is 90.5 cm³/mol. The Bertz CT molecular complexity index is 581. The van der Waals surface area contributed by atoms with E-state index >= 15 is 0 Å². The Kier molecular flexibility index (Phi) is 9.98. The maximum absolute atomic E-state index is 11.5. The van der Waals surface area contributed by atoms with Gasteiger partial charge in [-0.1, -0.05) is 0 Å². The zero-order chi connectivity index (χ0) is 13.7. The molecule has 0 saturated carbocycles. The topological polar surface area (TPSA) is 66.8 Å². The molecule has 10 heteroatoms. The first-order valence-electron chi connectivity index (χ1n) is 5.99. The number of hydrogen-bond donors (Lipinski definition) is 1. The summed E-state index contributed by atoms with van der Waals surface area (Å²) in [6.07, 6.45) is 3.02. The molecule has 1 N–H and O–H groups in total. The van der Waals surface area contributed by atoms with E-state index in [0.29, 0.717) is 29.5 Å². The number of imidazole rings is 1. The minimum Gasteiger partial charge on any atom is -0.314 e. The average molecular weight is 377 g/mol. The maximum Gasteiger partial charge on any atom is 0.278 e. The molecular formula is C11H17Cl4N5O. The SMILES string of the molecule is Cl.Cl.O=c1[nH]cnc2c1ncn2CCN(CCCl)CCCl. The van der Waals surface area contributed by atoms with E-state index in [2.05, 4.69) is 19.9 Å². The van der Waals surface area contributed by atoms with Crippen LogP contribution < -0.4 is 5.56 Å². The van der Waals surface area contributed by atoms with Crippen LogP contribution in [0.1, 0.15) is 0 Å². The summed E-state index contributed by atoms with van der Waals surface area (Å²) in [5.74, 6) is 1.14. The van der Waals surface area contributed by atoms with E-state index in [-0.39, 0.29) is 30.4 Å². The number of halogens is 4. The van der Waals surface area contributed by atoms with E-state index in [0.717, 1.165) is 19.6 Å². The van der Waals surface area contributed by atoms with Crippen molar-refractivity contribution < 1.29 is 0 Å². The number of alkyl halides is 2. The van der Waals surface area contributed by atoms with Crippen LogP contribution in [0.3, 0.4) is 0 Å². The van der Waals surface area contributed by atoms with E-state index in [1.54, 1.807) is 6.33 Å². The monoisotopic (exact) mass is 375 g/mol. The fourth-order valence-electron chi connectivity index (χ4n) is 1.88. The number of aromatic nitrogens is 4.